The summed E-state index contributed by atoms with van der Waals surface area (Å²) in [4.78, 5) is 12.8. The molecule has 0 aliphatic carbocycles. The number of carboxylic acids is 1. The van der Waals surface area contributed by atoms with E-state index in [9.17, 15) is 4.79 Å². The van der Waals surface area contributed by atoms with Crippen LogP contribution in [0.15, 0.2) is 12.1 Å². The zero-order valence-electron chi connectivity index (χ0n) is 12.8. The molecule has 1 rings (SSSR count). The number of hydrogen-bond donors (Lipinski definition) is 1. The fraction of sp³-hybridized carbons (Fsp3) is 0.533. The Hall–Kier alpha value is -1.75. The van der Waals surface area contributed by atoms with E-state index in [1.165, 1.54) is 0 Å². The predicted octanol–water partition coefficient (Wildman–Crippen LogP) is 2.31. The van der Waals surface area contributed by atoms with E-state index >= 15 is 0 Å². The van der Waals surface area contributed by atoms with E-state index < -0.39 is 5.97 Å². The minimum atomic E-state index is -0.822. The van der Waals surface area contributed by atoms with Gasteiger partial charge in [-0.3, -0.25) is 9.69 Å². The highest BCUT2D eigenvalue weighted by atomic mass is 16.5. The minimum absolute atomic E-state index is 0.0193. The van der Waals surface area contributed by atoms with Crippen LogP contribution in [0.4, 0.5) is 0 Å². The van der Waals surface area contributed by atoms with Crippen LogP contribution in [0.5, 0.6) is 11.5 Å². The summed E-state index contributed by atoms with van der Waals surface area (Å²) in [5.41, 5.74) is 2.09. The average Bonchev–Trinajstić information content (AvgIpc) is 2.38. The predicted molar refractivity (Wildman–Crippen MR) is 77.5 cm³/mol. The van der Waals surface area contributed by atoms with Crippen molar-refractivity contribution in [3.8, 4) is 11.5 Å². The van der Waals surface area contributed by atoms with Gasteiger partial charge in [0.25, 0.3) is 0 Å². The van der Waals surface area contributed by atoms with E-state index in [4.69, 9.17) is 14.6 Å². The Kier molecular flexibility index (Phi) is 5.82. The topological polar surface area (TPSA) is 59.0 Å². The second-order valence-electron chi connectivity index (χ2n) is 5.03. The van der Waals surface area contributed by atoms with E-state index in [1.807, 2.05) is 37.8 Å². The lowest BCUT2D eigenvalue weighted by Gasteiger charge is -2.25. The normalized spacial score (nSPS) is 10.9. The summed E-state index contributed by atoms with van der Waals surface area (Å²) in [7, 11) is 3.19. The molecule has 0 amide bonds. The highest BCUT2D eigenvalue weighted by Crippen LogP contribution is 2.31. The lowest BCUT2D eigenvalue weighted by atomic mass is 10.1. The van der Waals surface area contributed by atoms with Gasteiger partial charge in [0, 0.05) is 12.6 Å². The fourth-order valence-electron chi connectivity index (χ4n) is 2.01. The van der Waals surface area contributed by atoms with Crippen molar-refractivity contribution in [2.45, 2.75) is 33.4 Å². The third-order valence-corrected chi connectivity index (χ3v) is 3.28. The molecule has 0 fully saturated rings. The first-order valence-corrected chi connectivity index (χ1v) is 6.56. The van der Waals surface area contributed by atoms with Gasteiger partial charge in [-0.05, 0) is 44.0 Å². The van der Waals surface area contributed by atoms with Crippen molar-refractivity contribution in [1.29, 1.82) is 0 Å². The van der Waals surface area contributed by atoms with Crippen LogP contribution in [0, 0.1) is 6.92 Å². The smallest absolute Gasteiger partial charge is 0.317 e. The van der Waals surface area contributed by atoms with Crippen molar-refractivity contribution < 1.29 is 19.4 Å². The van der Waals surface area contributed by atoms with Crippen LogP contribution in [0.25, 0.3) is 0 Å². The molecule has 0 bridgehead atoms. The van der Waals surface area contributed by atoms with Crippen LogP contribution in [0.1, 0.15) is 25.0 Å². The molecule has 20 heavy (non-hydrogen) atoms. The van der Waals surface area contributed by atoms with E-state index in [0.29, 0.717) is 18.0 Å². The monoisotopic (exact) mass is 281 g/mol. The number of nitrogens with zero attached hydrogens (tertiary/aromatic N) is 1. The summed E-state index contributed by atoms with van der Waals surface area (Å²) >= 11 is 0. The summed E-state index contributed by atoms with van der Waals surface area (Å²) < 4.78 is 10.6. The largest absolute Gasteiger partial charge is 0.493 e. The first kappa shape index (κ1) is 16.3. The number of methoxy groups -OCH3 is 2. The summed E-state index contributed by atoms with van der Waals surface area (Å²) in [5, 5.41) is 8.98. The van der Waals surface area contributed by atoms with E-state index in [-0.39, 0.29) is 12.6 Å². The molecule has 5 heteroatoms. The van der Waals surface area contributed by atoms with Crippen LogP contribution in [-0.4, -0.2) is 42.8 Å². The summed E-state index contributed by atoms with van der Waals surface area (Å²) in [6, 6.07) is 3.97. The Morgan fingerprint density at radius 3 is 2.25 bits per heavy atom. The number of carbonyl (C=O) groups is 1. The molecule has 0 unspecified atom stereocenters. The van der Waals surface area contributed by atoms with E-state index in [0.717, 1.165) is 11.1 Å². The lowest BCUT2D eigenvalue weighted by Crippen LogP contribution is -2.35. The van der Waals surface area contributed by atoms with Crippen molar-refractivity contribution in [3.05, 3.63) is 23.3 Å². The number of benzene rings is 1. The zero-order chi connectivity index (χ0) is 15.3. The van der Waals surface area contributed by atoms with Gasteiger partial charge in [0.1, 0.15) is 0 Å². The molecule has 1 N–H and O–H groups in total. The Morgan fingerprint density at radius 2 is 1.80 bits per heavy atom. The number of carboxylic acid groups (broad SMARTS) is 1. The maximum Gasteiger partial charge on any atom is 0.317 e. The molecule has 0 aliphatic heterocycles. The maximum atomic E-state index is 10.9. The highest BCUT2D eigenvalue weighted by Gasteiger charge is 2.16. The first-order valence-electron chi connectivity index (χ1n) is 6.56. The molecular formula is C15H23NO4. The van der Waals surface area contributed by atoms with Crippen LogP contribution < -0.4 is 9.47 Å². The molecule has 0 aromatic heterocycles. The molecule has 0 radical (unpaired) electrons. The highest BCUT2D eigenvalue weighted by molar-refractivity contribution is 5.69. The summed E-state index contributed by atoms with van der Waals surface area (Å²) in [6.07, 6.45) is 0. The molecule has 0 saturated carbocycles. The SMILES string of the molecule is COc1cc(C)c(CN(CC(=O)O)C(C)C)cc1OC. The second kappa shape index (κ2) is 7.14. The number of aliphatic carboxylic acids is 1. The zero-order valence-corrected chi connectivity index (χ0v) is 12.8. The van der Waals surface area contributed by atoms with Gasteiger partial charge in [-0.1, -0.05) is 0 Å². The molecule has 0 spiro atoms. The number of ether oxygens (including phenoxy) is 2. The molecule has 0 atom stereocenters. The van der Waals surface area contributed by atoms with Crippen LogP contribution >= 0.6 is 0 Å². The minimum Gasteiger partial charge on any atom is -0.493 e. The Bertz CT molecular complexity index is 471. The molecule has 112 valence electrons. The van der Waals surface area contributed by atoms with Gasteiger partial charge in [0.05, 0.1) is 20.8 Å². The van der Waals surface area contributed by atoms with Gasteiger partial charge in [-0.15, -0.1) is 0 Å². The Balaban J connectivity index is 3.03. The standard InChI is InChI=1S/C15H23NO4/c1-10(2)16(9-15(17)18)8-12-7-14(20-5)13(19-4)6-11(12)3/h6-7,10H,8-9H2,1-5H3,(H,17,18). The quantitative estimate of drug-likeness (QED) is 0.831. The van der Waals surface area contributed by atoms with Crippen molar-refractivity contribution in [3.63, 3.8) is 0 Å². The van der Waals surface area contributed by atoms with Gasteiger partial charge in [0.15, 0.2) is 11.5 Å². The van der Waals surface area contributed by atoms with Crippen LogP contribution in [-0.2, 0) is 11.3 Å². The van der Waals surface area contributed by atoms with Crippen molar-refractivity contribution >= 4 is 5.97 Å². The molecule has 0 aliphatic rings. The van der Waals surface area contributed by atoms with Crippen molar-refractivity contribution in [2.24, 2.45) is 0 Å². The molecule has 1 aromatic rings. The summed E-state index contributed by atoms with van der Waals surface area (Å²) in [5.74, 6) is 0.520. The van der Waals surface area contributed by atoms with Crippen molar-refractivity contribution in [1.82, 2.24) is 4.90 Å². The molecular weight excluding hydrogens is 258 g/mol. The molecule has 0 saturated heterocycles. The Labute approximate surface area is 120 Å². The molecule has 5 nitrogen and oxygen atoms in total. The lowest BCUT2D eigenvalue weighted by molar-refractivity contribution is -0.138. The summed E-state index contributed by atoms with van der Waals surface area (Å²) in [6.45, 7) is 6.54. The van der Waals surface area contributed by atoms with E-state index in [2.05, 4.69) is 0 Å². The number of aryl methyl sites for hydroxylation is 1. The average molecular weight is 281 g/mol. The second-order valence-corrected chi connectivity index (χ2v) is 5.03. The molecule has 1 aromatic carbocycles. The van der Waals surface area contributed by atoms with Gasteiger partial charge in [0.2, 0.25) is 0 Å². The first-order chi connectivity index (χ1) is 9.38. The van der Waals surface area contributed by atoms with Gasteiger partial charge in [-0.25, -0.2) is 0 Å². The van der Waals surface area contributed by atoms with E-state index in [1.54, 1.807) is 14.2 Å². The van der Waals surface area contributed by atoms with Crippen LogP contribution in [0.2, 0.25) is 0 Å². The fourth-order valence-corrected chi connectivity index (χ4v) is 2.01. The van der Waals surface area contributed by atoms with Gasteiger partial charge < -0.3 is 14.6 Å². The number of rotatable bonds is 7. The van der Waals surface area contributed by atoms with Gasteiger partial charge in [-0.2, -0.15) is 0 Å². The molecule has 0 heterocycles. The maximum absolute atomic E-state index is 10.9. The van der Waals surface area contributed by atoms with Gasteiger partial charge >= 0.3 is 5.97 Å². The Morgan fingerprint density at radius 1 is 1.25 bits per heavy atom. The van der Waals surface area contributed by atoms with Crippen molar-refractivity contribution in [2.75, 3.05) is 20.8 Å². The van der Waals surface area contributed by atoms with Crippen LogP contribution in [0.3, 0.4) is 0 Å². The number of hydrogen-bond acceptors (Lipinski definition) is 4. The third kappa shape index (κ3) is 4.13. The third-order valence-electron chi connectivity index (χ3n) is 3.28.